The van der Waals surface area contributed by atoms with Gasteiger partial charge in [0, 0.05) is 17.3 Å². The fourth-order valence-corrected chi connectivity index (χ4v) is 3.21. The Morgan fingerprint density at radius 3 is 2.39 bits per heavy atom. The van der Waals surface area contributed by atoms with E-state index < -0.39 is 18.3 Å². The molecule has 1 aromatic carbocycles. The third-order valence-electron chi connectivity index (χ3n) is 5.58. The lowest BCUT2D eigenvalue weighted by molar-refractivity contribution is 0.00578. The van der Waals surface area contributed by atoms with Gasteiger partial charge in [0.25, 0.3) is 5.88 Å². The first-order valence-electron chi connectivity index (χ1n) is 9.27. The second-order valence-corrected chi connectivity index (χ2v) is 8.15. The minimum absolute atomic E-state index is 0.401. The van der Waals surface area contributed by atoms with Crippen LogP contribution in [0.25, 0.3) is 22.3 Å². The van der Waals surface area contributed by atoms with Crippen LogP contribution < -0.4 is 10.2 Å². The molecule has 0 saturated carbocycles. The highest BCUT2D eigenvalue weighted by Gasteiger charge is 2.52. The third-order valence-corrected chi connectivity index (χ3v) is 5.58. The second kappa shape index (κ2) is 6.22. The van der Waals surface area contributed by atoms with Crippen LogP contribution in [0.4, 0.5) is 0 Å². The largest absolute Gasteiger partial charge is 0.495 e. The minimum atomic E-state index is -0.452. The van der Waals surface area contributed by atoms with E-state index in [2.05, 4.69) is 11.7 Å². The summed E-state index contributed by atoms with van der Waals surface area (Å²) in [5, 5.41) is 10.1. The maximum Gasteiger partial charge on any atom is 0.495 e. The van der Waals surface area contributed by atoms with Crippen molar-refractivity contribution in [3.05, 3.63) is 37.2 Å². The number of ether oxygens (including phenoxy) is 1. The van der Waals surface area contributed by atoms with Gasteiger partial charge in [0.05, 0.1) is 30.0 Å². The Morgan fingerprint density at radius 2 is 1.79 bits per heavy atom. The molecular weight excluding hydrogens is 355 g/mol. The minimum Gasteiger partial charge on any atom is -0.478 e. The summed E-state index contributed by atoms with van der Waals surface area (Å²) in [6, 6.07) is 5.95. The molecule has 7 nitrogen and oxygen atoms in total. The van der Waals surface area contributed by atoms with Crippen LogP contribution >= 0.6 is 0 Å². The summed E-state index contributed by atoms with van der Waals surface area (Å²) in [5.41, 5.74) is 2.52. The summed E-state index contributed by atoms with van der Waals surface area (Å²) >= 11 is 0. The van der Waals surface area contributed by atoms with Crippen molar-refractivity contribution < 1.29 is 14.0 Å². The Bertz CT molecular complexity index is 1050. The van der Waals surface area contributed by atoms with Crippen LogP contribution in [0, 0.1) is 0 Å². The highest BCUT2D eigenvalue weighted by atomic mass is 16.7. The Balaban J connectivity index is 1.80. The number of fused-ring (bicyclic) bond motifs is 1. The third kappa shape index (κ3) is 2.84. The van der Waals surface area contributed by atoms with E-state index in [0.717, 1.165) is 27.8 Å². The average molecular weight is 380 g/mol. The van der Waals surface area contributed by atoms with Crippen molar-refractivity contribution in [3.8, 4) is 11.6 Å². The second-order valence-electron chi connectivity index (χ2n) is 8.15. The standard InChI is InChI=1S/C20H25BN4O3/c1-13(2)24-12-17(18(23-24)26-7)25-11-14-15(9-8-10-16(14)22-25)21-27-19(3,4)20(5,6)28-21/h8-12H,1H2,2-7H3. The molecule has 0 aliphatic carbocycles. The number of aromatic nitrogens is 4. The van der Waals surface area contributed by atoms with Crippen molar-refractivity contribution in [2.45, 2.75) is 45.8 Å². The number of allylic oxidation sites excluding steroid dienone is 1. The molecule has 0 amide bonds. The smallest absolute Gasteiger partial charge is 0.478 e. The Hall–Kier alpha value is -2.58. The van der Waals surface area contributed by atoms with Gasteiger partial charge in [-0.2, -0.15) is 5.10 Å². The Morgan fingerprint density at radius 1 is 1.11 bits per heavy atom. The first-order valence-corrected chi connectivity index (χ1v) is 9.27. The highest BCUT2D eigenvalue weighted by molar-refractivity contribution is 6.65. The molecule has 0 N–H and O–H groups in total. The van der Waals surface area contributed by atoms with E-state index in [-0.39, 0.29) is 0 Å². The van der Waals surface area contributed by atoms with Gasteiger partial charge in [0.2, 0.25) is 0 Å². The molecule has 8 heteroatoms. The van der Waals surface area contributed by atoms with Gasteiger partial charge in [-0.15, -0.1) is 5.10 Å². The van der Waals surface area contributed by atoms with E-state index in [1.54, 1.807) is 16.5 Å². The van der Waals surface area contributed by atoms with Crippen molar-refractivity contribution >= 4 is 29.2 Å². The van der Waals surface area contributed by atoms with E-state index in [4.69, 9.17) is 19.1 Å². The molecule has 3 aromatic rings. The van der Waals surface area contributed by atoms with Gasteiger partial charge in [-0.25, -0.2) is 9.36 Å². The molecule has 2 aromatic heterocycles. The predicted molar refractivity (Wildman–Crippen MR) is 110 cm³/mol. The fraction of sp³-hybridized carbons (Fsp3) is 0.400. The summed E-state index contributed by atoms with van der Waals surface area (Å²) < 4.78 is 21.4. The molecule has 4 rings (SSSR count). The summed E-state index contributed by atoms with van der Waals surface area (Å²) in [6.45, 7) is 14.0. The van der Waals surface area contributed by atoms with Gasteiger partial charge >= 0.3 is 7.12 Å². The van der Waals surface area contributed by atoms with E-state index in [1.807, 2.05) is 65.2 Å². The van der Waals surface area contributed by atoms with E-state index >= 15 is 0 Å². The number of nitrogens with zero attached hydrogens (tertiary/aromatic N) is 4. The van der Waals surface area contributed by atoms with E-state index in [1.165, 1.54) is 0 Å². The fourth-order valence-electron chi connectivity index (χ4n) is 3.21. The highest BCUT2D eigenvalue weighted by Crippen LogP contribution is 2.37. The zero-order valence-corrected chi connectivity index (χ0v) is 17.2. The number of methoxy groups -OCH3 is 1. The molecule has 1 fully saturated rings. The summed E-state index contributed by atoms with van der Waals surface area (Å²) in [6.07, 6.45) is 3.81. The van der Waals surface area contributed by atoms with Crippen molar-refractivity contribution in [2.75, 3.05) is 7.11 Å². The Labute approximate surface area is 165 Å². The zero-order chi connectivity index (χ0) is 20.3. The summed E-state index contributed by atoms with van der Waals surface area (Å²) in [7, 11) is 1.14. The number of hydrogen-bond acceptors (Lipinski definition) is 5. The first-order chi connectivity index (χ1) is 13.1. The van der Waals surface area contributed by atoms with Crippen LogP contribution in [0.5, 0.6) is 5.88 Å². The van der Waals surface area contributed by atoms with Gasteiger partial charge in [-0.1, -0.05) is 18.7 Å². The monoisotopic (exact) mass is 380 g/mol. The molecule has 1 aliphatic rings. The predicted octanol–water partition coefficient (Wildman–Crippen LogP) is 3.02. The average Bonchev–Trinajstić information content (AvgIpc) is 3.28. The summed E-state index contributed by atoms with van der Waals surface area (Å²) in [4.78, 5) is 0. The van der Waals surface area contributed by atoms with Gasteiger partial charge in [0.1, 0.15) is 5.69 Å². The molecule has 0 spiro atoms. The quantitative estimate of drug-likeness (QED) is 0.651. The van der Waals surface area contributed by atoms with Crippen molar-refractivity contribution in [3.63, 3.8) is 0 Å². The zero-order valence-electron chi connectivity index (χ0n) is 17.2. The van der Waals surface area contributed by atoms with Crippen LogP contribution in [0.3, 0.4) is 0 Å². The van der Waals surface area contributed by atoms with Gasteiger partial charge in [-0.3, -0.25) is 0 Å². The topological polar surface area (TPSA) is 63.3 Å². The lowest BCUT2D eigenvalue weighted by Crippen LogP contribution is -2.41. The number of rotatable bonds is 4. The number of benzene rings is 1. The van der Waals surface area contributed by atoms with Gasteiger partial charge < -0.3 is 14.0 Å². The Kier molecular flexibility index (Phi) is 4.17. The molecular formula is C20H25BN4O3. The van der Waals surface area contributed by atoms with E-state index in [9.17, 15) is 0 Å². The van der Waals surface area contributed by atoms with E-state index in [0.29, 0.717) is 5.88 Å². The first kappa shape index (κ1) is 18.8. The van der Waals surface area contributed by atoms with Crippen LogP contribution in [-0.4, -0.2) is 45.0 Å². The molecule has 1 aliphatic heterocycles. The maximum atomic E-state index is 6.24. The van der Waals surface area contributed by atoms with Gasteiger partial charge in [0.15, 0.2) is 0 Å². The maximum absolute atomic E-state index is 6.24. The molecule has 0 bridgehead atoms. The van der Waals surface area contributed by atoms with Crippen molar-refractivity contribution in [2.24, 2.45) is 0 Å². The SMILES string of the molecule is C=C(C)n1cc(-n2cc3c(B4OC(C)(C)C(C)(C)O4)cccc3n2)c(OC)n1. The van der Waals surface area contributed by atoms with Crippen molar-refractivity contribution in [1.29, 1.82) is 0 Å². The van der Waals surface area contributed by atoms with Gasteiger partial charge in [-0.05, 0) is 46.1 Å². The van der Waals surface area contributed by atoms with Crippen LogP contribution in [-0.2, 0) is 9.31 Å². The molecule has 28 heavy (non-hydrogen) atoms. The molecule has 3 heterocycles. The van der Waals surface area contributed by atoms with Crippen LogP contribution in [0.2, 0.25) is 0 Å². The molecule has 1 saturated heterocycles. The normalized spacial score (nSPS) is 18.0. The number of hydrogen-bond donors (Lipinski definition) is 0. The molecule has 0 unspecified atom stereocenters. The summed E-state index contributed by atoms with van der Waals surface area (Å²) in [5.74, 6) is 0.480. The lowest BCUT2D eigenvalue weighted by atomic mass is 9.77. The van der Waals surface area contributed by atoms with Crippen LogP contribution in [0.1, 0.15) is 34.6 Å². The molecule has 0 radical (unpaired) electrons. The van der Waals surface area contributed by atoms with Crippen LogP contribution in [0.15, 0.2) is 37.2 Å². The lowest BCUT2D eigenvalue weighted by Gasteiger charge is -2.32. The molecule has 146 valence electrons. The molecule has 0 atom stereocenters. The van der Waals surface area contributed by atoms with Crippen molar-refractivity contribution in [1.82, 2.24) is 19.6 Å².